The molecule has 2 rings (SSSR count). The lowest BCUT2D eigenvalue weighted by Crippen LogP contribution is -2.44. The van der Waals surface area contributed by atoms with Gasteiger partial charge < -0.3 is 10.2 Å². The van der Waals surface area contributed by atoms with Gasteiger partial charge in [0.05, 0.1) is 6.04 Å². The second-order valence-electron chi connectivity index (χ2n) is 4.30. The summed E-state index contributed by atoms with van der Waals surface area (Å²) < 4.78 is 0. The summed E-state index contributed by atoms with van der Waals surface area (Å²) in [5, 5.41) is 3.38. The molecule has 0 aliphatic carbocycles. The van der Waals surface area contributed by atoms with Gasteiger partial charge in [0.25, 0.3) is 0 Å². The van der Waals surface area contributed by atoms with E-state index in [2.05, 4.69) is 21.4 Å². The Labute approximate surface area is 86.6 Å². The van der Waals surface area contributed by atoms with E-state index in [-0.39, 0.29) is 0 Å². The minimum absolute atomic E-state index is 0.624. The molecule has 1 N–H and O–H groups in total. The Morgan fingerprint density at radius 2 is 2.21 bits per heavy atom. The predicted octanol–water partition coefficient (Wildman–Crippen LogP) is 0.905. The molecule has 1 unspecified atom stereocenters. The van der Waals surface area contributed by atoms with E-state index in [0.717, 1.165) is 13.1 Å². The van der Waals surface area contributed by atoms with Gasteiger partial charge in [0.2, 0.25) is 0 Å². The SMILES string of the molecule is C1=NC(CCN2CCNCC2)CCC1. The zero-order valence-electron chi connectivity index (χ0n) is 8.91. The van der Waals surface area contributed by atoms with Gasteiger partial charge in [0.15, 0.2) is 0 Å². The van der Waals surface area contributed by atoms with Crippen molar-refractivity contribution >= 4 is 6.21 Å². The van der Waals surface area contributed by atoms with Gasteiger partial charge in [-0.15, -0.1) is 0 Å². The number of nitrogens with one attached hydrogen (secondary N) is 1. The Balaban J connectivity index is 1.65. The van der Waals surface area contributed by atoms with E-state index in [1.54, 1.807) is 0 Å². The van der Waals surface area contributed by atoms with Crippen LogP contribution in [0.25, 0.3) is 0 Å². The Bertz CT molecular complexity index is 185. The first-order valence-corrected chi connectivity index (χ1v) is 5.90. The third-order valence-electron chi connectivity index (χ3n) is 3.17. The van der Waals surface area contributed by atoms with Crippen LogP contribution in [-0.2, 0) is 0 Å². The molecule has 0 amide bonds. The van der Waals surface area contributed by atoms with Crippen LogP contribution in [0.4, 0.5) is 0 Å². The van der Waals surface area contributed by atoms with E-state index < -0.39 is 0 Å². The maximum atomic E-state index is 4.55. The van der Waals surface area contributed by atoms with Gasteiger partial charge in [-0.2, -0.15) is 0 Å². The van der Waals surface area contributed by atoms with Crippen LogP contribution in [-0.4, -0.2) is 49.9 Å². The highest BCUT2D eigenvalue weighted by Crippen LogP contribution is 2.13. The standard InChI is InChI=1S/C11H21N3/c1-2-5-13-11(3-1)4-8-14-9-6-12-7-10-14/h5,11-12H,1-4,6-10H2. The van der Waals surface area contributed by atoms with Gasteiger partial charge in [-0.3, -0.25) is 4.99 Å². The second kappa shape index (κ2) is 5.47. The van der Waals surface area contributed by atoms with E-state index in [0.29, 0.717) is 6.04 Å². The smallest absolute Gasteiger partial charge is 0.0508 e. The maximum absolute atomic E-state index is 4.55. The molecule has 3 nitrogen and oxygen atoms in total. The molecular formula is C11H21N3. The summed E-state index contributed by atoms with van der Waals surface area (Å²) in [7, 11) is 0. The van der Waals surface area contributed by atoms with E-state index in [1.807, 2.05) is 0 Å². The number of hydrogen-bond donors (Lipinski definition) is 1. The quantitative estimate of drug-likeness (QED) is 0.724. The normalized spacial score (nSPS) is 29.3. The van der Waals surface area contributed by atoms with Gasteiger partial charge in [0.1, 0.15) is 0 Å². The molecule has 1 atom stereocenters. The number of piperazine rings is 1. The number of rotatable bonds is 3. The molecule has 0 aromatic heterocycles. The van der Waals surface area contributed by atoms with Crippen LogP contribution in [0.3, 0.4) is 0 Å². The third-order valence-corrected chi connectivity index (χ3v) is 3.17. The van der Waals surface area contributed by atoms with Crippen LogP contribution in [0, 0.1) is 0 Å². The number of aliphatic imine (C=N–C) groups is 1. The molecule has 1 fully saturated rings. The van der Waals surface area contributed by atoms with Crippen molar-refractivity contribution in [3.8, 4) is 0 Å². The molecule has 0 aromatic rings. The fourth-order valence-corrected chi connectivity index (χ4v) is 2.23. The van der Waals surface area contributed by atoms with Crippen LogP contribution >= 0.6 is 0 Å². The first-order valence-electron chi connectivity index (χ1n) is 5.90. The van der Waals surface area contributed by atoms with Crippen molar-refractivity contribution in [1.29, 1.82) is 0 Å². The number of hydrogen-bond acceptors (Lipinski definition) is 3. The third kappa shape index (κ3) is 3.07. The topological polar surface area (TPSA) is 27.6 Å². The van der Waals surface area contributed by atoms with Gasteiger partial charge in [0, 0.05) is 32.7 Å². The van der Waals surface area contributed by atoms with Crippen molar-refractivity contribution in [2.45, 2.75) is 31.7 Å². The minimum atomic E-state index is 0.624. The van der Waals surface area contributed by atoms with E-state index in [4.69, 9.17) is 0 Å². The largest absolute Gasteiger partial charge is 0.314 e. The minimum Gasteiger partial charge on any atom is -0.314 e. The van der Waals surface area contributed by atoms with Gasteiger partial charge in [-0.25, -0.2) is 0 Å². The van der Waals surface area contributed by atoms with Crippen LogP contribution in [0.1, 0.15) is 25.7 Å². The molecule has 0 aromatic carbocycles. The fraction of sp³-hybridized carbons (Fsp3) is 0.909. The highest BCUT2D eigenvalue weighted by atomic mass is 15.2. The van der Waals surface area contributed by atoms with Crippen molar-refractivity contribution in [2.24, 2.45) is 4.99 Å². The molecule has 80 valence electrons. The van der Waals surface area contributed by atoms with Crippen LogP contribution in [0.5, 0.6) is 0 Å². The van der Waals surface area contributed by atoms with Crippen LogP contribution < -0.4 is 5.32 Å². The van der Waals surface area contributed by atoms with Gasteiger partial charge in [-0.05, 0) is 31.9 Å². The van der Waals surface area contributed by atoms with Crippen LogP contribution in [0.2, 0.25) is 0 Å². The molecule has 2 aliphatic rings. The average molecular weight is 195 g/mol. The molecule has 14 heavy (non-hydrogen) atoms. The Kier molecular flexibility index (Phi) is 3.95. The fourth-order valence-electron chi connectivity index (χ4n) is 2.23. The zero-order chi connectivity index (χ0) is 9.64. The van der Waals surface area contributed by atoms with Crippen LogP contribution in [0.15, 0.2) is 4.99 Å². The van der Waals surface area contributed by atoms with E-state index >= 15 is 0 Å². The van der Waals surface area contributed by atoms with Crippen molar-refractivity contribution in [3.63, 3.8) is 0 Å². The maximum Gasteiger partial charge on any atom is 0.0508 e. The van der Waals surface area contributed by atoms with Crippen molar-refractivity contribution < 1.29 is 0 Å². The monoisotopic (exact) mass is 195 g/mol. The molecule has 1 saturated heterocycles. The van der Waals surface area contributed by atoms with E-state index in [9.17, 15) is 0 Å². The Morgan fingerprint density at radius 3 is 2.93 bits per heavy atom. The average Bonchev–Trinajstić information content (AvgIpc) is 2.29. The predicted molar refractivity (Wildman–Crippen MR) is 60.1 cm³/mol. The lowest BCUT2D eigenvalue weighted by molar-refractivity contribution is 0.231. The molecular weight excluding hydrogens is 174 g/mol. The molecule has 0 bridgehead atoms. The zero-order valence-corrected chi connectivity index (χ0v) is 8.91. The van der Waals surface area contributed by atoms with Crippen molar-refractivity contribution in [3.05, 3.63) is 0 Å². The number of nitrogens with zero attached hydrogens (tertiary/aromatic N) is 2. The molecule has 2 aliphatic heterocycles. The summed E-state index contributed by atoms with van der Waals surface area (Å²) in [6, 6.07) is 0.624. The lowest BCUT2D eigenvalue weighted by atomic mass is 10.0. The summed E-state index contributed by atoms with van der Waals surface area (Å²) in [6.45, 7) is 6.00. The molecule has 0 spiro atoms. The summed E-state index contributed by atoms with van der Waals surface area (Å²) in [5.74, 6) is 0. The highest BCUT2D eigenvalue weighted by Gasteiger charge is 2.13. The highest BCUT2D eigenvalue weighted by molar-refractivity contribution is 5.58. The molecule has 0 radical (unpaired) electrons. The molecule has 0 saturated carbocycles. The first kappa shape index (κ1) is 10.1. The Hall–Kier alpha value is -0.410. The summed E-state index contributed by atoms with van der Waals surface area (Å²) in [6.07, 6.45) is 7.23. The van der Waals surface area contributed by atoms with Gasteiger partial charge >= 0.3 is 0 Å². The van der Waals surface area contributed by atoms with Crippen molar-refractivity contribution in [1.82, 2.24) is 10.2 Å². The lowest BCUT2D eigenvalue weighted by Gasteiger charge is -2.28. The van der Waals surface area contributed by atoms with Gasteiger partial charge in [-0.1, -0.05) is 0 Å². The second-order valence-corrected chi connectivity index (χ2v) is 4.30. The Morgan fingerprint density at radius 1 is 1.36 bits per heavy atom. The van der Waals surface area contributed by atoms with Crippen molar-refractivity contribution in [2.75, 3.05) is 32.7 Å². The summed E-state index contributed by atoms with van der Waals surface area (Å²) >= 11 is 0. The first-order chi connectivity index (χ1) is 6.95. The summed E-state index contributed by atoms with van der Waals surface area (Å²) in [4.78, 5) is 7.10. The molecule has 3 heteroatoms. The summed E-state index contributed by atoms with van der Waals surface area (Å²) in [5.41, 5.74) is 0. The molecule has 2 heterocycles. The van der Waals surface area contributed by atoms with E-state index in [1.165, 1.54) is 45.3 Å².